The maximum Gasteiger partial charge on any atom is 0.186 e. The van der Waals surface area contributed by atoms with Gasteiger partial charge in [0, 0.05) is 5.33 Å². The third-order valence-electron chi connectivity index (χ3n) is 3.49. The topological polar surface area (TPSA) is 63.2 Å². The van der Waals surface area contributed by atoms with Crippen LogP contribution < -0.4 is 0 Å². The zero-order chi connectivity index (χ0) is 21.0. The number of hydrogen-bond acceptors (Lipinski definition) is 6. The van der Waals surface area contributed by atoms with Crippen LogP contribution in [0.25, 0.3) is 0 Å². The summed E-state index contributed by atoms with van der Waals surface area (Å²) in [6.07, 6.45) is -1.92. The Morgan fingerprint density at radius 1 is 0.815 bits per heavy atom. The molecule has 27 heavy (non-hydrogen) atoms. The molecule has 1 rings (SSSR count). The van der Waals surface area contributed by atoms with Crippen molar-refractivity contribution in [2.75, 3.05) is 11.9 Å². The number of hydrogen-bond donors (Lipinski definition) is 0. The van der Waals surface area contributed by atoms with Gasteiger partial charge in [0.15, 0.2) is 37.5 Å². The number of carbonyl (C=O) groups excluding carboxylic acids is 1. The fraction of sp³-hybridized carbons (Fsp3) is 0.941. The number of rotatable bonds is 10. The lowest BCUT2D eigenvalue weighted by Gasteiger charge is -2.49. The Morgan fingerprint density at radius 3 is 1.67 bits per heavy atom. The zero-order valence-electron chi connectivity index (χ0n) is 18.2. The SMILES string of the molecule is C[Si](C)(C)OC1C(O[Si](C)(C)C)[C@H](O[Si](C)(C)C)C(C=O)O[C@@H]1OCCBr. The maximum atomic E-state index is 11.8. The summed E-state index contributed by atoms with van der Waals surface area (Å²) in [6.45, 7) is 19.5. The van der Waals surface area contributed by atoms with Gasteiger partial charge in [0.25, 0.3) is 0 Å². The summed E-state index contributed by atoms with van der Waals surface area (Å²) in [5, 5.41) is 0.673. The van der Waals surface area contributed by atoms with Gasteiger partial charge in [0.2, 0.25) is 0 Å². The Balaban J connectivity index is 3.32. The van der Waals surface area contributed by atoms with Gasteiger partial charge in [0.1, 0.15) is 24.4 Å². The van der Waals surface area contributed by atoms with E-state index in [9.17, 15) is 4.79 Å². The number of aldehydes is 1. The van der Waals surface area contributed by atoms with E-state index in [4.69, 9.17) is 22.8 Å². The highest BCUT2D eigenvalue weighted by atomic mass is 79.9. The van der Waals surface area contributed by atoms with Crippen molar-refractivity contribution in [2.45, 2.75) is 89.6 Å². The minimum absolute atomic E-state index is 0.403. The number of alkyl halides is 1. The Morgan fingerprint density at radius 2 is 1.26 bits per heavy atom. The van der Waals surface area contributed by atoms with Crippen LogP contribution in [0.2, 0.25) is 58.9 Å². The second-order valence-corrected chi connectivity index (χ2v) is 23.9. The Bertz CT molecular complexity index is 475. The first-order chi connectivity index (χ1) is 12.2. The molecule has 10 heteroatoms. The first-order valence-corrected chi connectivity index (χ1v) is 20.8. The van der Waals surface area contributed by atoms with Crippen LogP contribution in [0.1, 0.15) is 0 Å². The van der Waals surface area contributed by atoms with E-state index < -0.39 is 55.7 Å². The van der Waals surface area contributed by atoms with Gasteiger partial charge in [-0.15, -0.1) is 0 Å². The molecule has 0 aromatic carbocycles. The van der Waals surface area contributed by atoms with Gasteiger partial charge in [-0.05, 0) is 58.9 Å². The second-order valence-electron chi connectivity index (χ2n) is 9.75. The molecule has 0 spiro atoms. The molecule has 5 atom stereocenters. The molecule has 0 aromatic heterocycles. The minimum atomic E-state index is -1.95. The molecule has 0 aromatic rings. The Hall–Kier alpha value is 0.601. The average Bonchev–Trinajstić information content (AvgIpc) is 2.45. The standard InChI is InChI=1S/C17H37BrO6Si3/c1-25(2,3)22-14-13(12-19)21-17(20-11-10-18)16(24-27(7,8)9)15(14)23-26(4,5)6/h12-17H,10-11H2,1-9H3/t13?,14-,15?,16?,17+/m1/s1. The molecule has 0 radical (unpaired) electrons. The van der Waals surface area contributed by atoms with Crippen LogP contribution in [0.4, 0.5) is 0 Å². The van der Waals surface area contributed by atoms with E-state index in [0.717, 1.165) is 6.29 Å². The lowest BCUT2D eigenvalue weighted by Crippen LogP contribution is -2.65. The third-order valence-corrected chi connectivity index (χ3v) is 6.75. The highest BCUT2D eigenvalue weighted by Gasteiger charge is 2.51. The Labute approximate surface area is 176 Å². The summed E-state index contributed by atoms with van der Waals surface area (Å²) < 4.78 is 31.3. The van der Waals surface area contributed by atoms with Crippen LogP contribution in [0.5, 0.6) is 0 Å². The predicted octanol–water partition coefficient (Wildman–Crippen LogP) is 3.98. The molecule has 0 bridgehead atoms. The van der Waals surface area contributed by atoms with E-state index in [1.54, 1.807) is 0 Å². The molecular weight excluding hydrogens is 464 g/mol. The molecule has 0 amide bonds. The normalized spacial score (nSPS) is 30.4. The van der Waals surface area contributed by atoms with Crippen LogP contribution in [0.3, 0.4) is 0 Å². The smallest absolute Gasteiger partial charge is 0.186 e. The number of halogens is 1. The van der Waals surface area contributed by atoms with Gasteiger partial charge >= 0.3 is 0 Å². The van der Waals surface area contributed by atoms with E-state index >= 15 is 0 Å². The molecular formula is C17H37BrO6Si3. The second kappa shape index (κ2) is 10.1. The quantitative estimate of drug-likeness (QED) is 0.256. The first kappa shape index (κ1) is 25.6. The summed E-state index contributed by atoms with van der Waals surface area (Å²) in [5.74, 6) is 0. The van der Waals surface area contributed by atoms with Crippen LogP contribution >= 0.6 is 15.9 Å². The van der Waals surface area contributed by atoms with Crippen molar-refractivity contribution in [2.24, 2.45) is 0 Å². The van der Waals surface area contributed by atoms with Gasteiger partial charge in [-0.25, -0.2) is 0 Å². The Kier molecular flexibility index (Phi) is 9.57. The molecule has 1 fully saturated rings. The minimum Gasteiger partial charge on any atom is -0.409 e. The lowest BCUT2D eigenvalue weighted by molar-refractivity contribution is -0.276. The van der Waals surface area contributed by atoms with E-state index in [2.05, 4.69) is 74.9 Å². The molecule has 3 unspecified atom stereocenters. The highest BCUT2D eigenvalue weighted by Crippen LogP contribution is 2.33. The van der Waals surface area contributed by atoms with Gasteiger partial charge in [-0.3, -0.25) is 0 Å². The maximum absolute atomic E-state index is 11.8. The largest absolute Gasteiger partial charge is 0.409 e. The average molecular weight is 502 g/mol. The van der Waals surface area contributed by atoms with E-state index in [-0.39, 0.29) is 0 Å². The van der Waals surface area contributed by atoms with Crippen LogP contribution in [0.15, 0.2) is 0 Å². The van der Waals surface area contributed by atoms with E-state index in [1.807, 2.05) is 0 Å². The lowest BCUT2D eigenvalue weighted by atomic mass is 10.00. The highest BCUT2D eigenvalue weighted by molar-refractivity contribution is 9.09. The first-order valence-electron chi connectivity index (χ1n) is 9.48. The van der Waals surface area contributed by atoms with Crippen molar-refractivity contribution in [3.8, 4) is 0 Å². The number of carbonyl (C=O) groups is 1. The third kappa shape index (κ3) is 9.30. The molecule has 1 heterocycles. The van der Waals surface area contributed by atoms with Crippen LogP contribution in [0, 0.1) is 0 Å². The van der Waals surface area contributed by atoms with Crippen molar-refractivity contribution in [3.05, 3.63) is 0 Å². The summed E-state index contributed by atoms with van der Waals surface area (Å²) in [6, 6.07) is 0. The molecule has 0 N–H and O–H groups in total. The molecule has 0 aliphatic carbocycles. The summed E-state index contributed by atoms with van der Waals surface area (Å²) in [4.78, 5) is 11.8. The summed E-state index contributed by atoms with van der Waals surface area (Å²) in [5.41, 5.74) is 0. The van der Waals surface area contributed by atoms with E-state index in [0.29, 0.717) is 11.9 Å². The van der Waals surface area contributed by atoms with Gasteiger partial charge in [-0.1, -0.05) is 15.9 Å². The molecule has 1 saturated heterocycles. The van der Waals surface area contributed by atoms with Gasteiger partial charge in [-0.2, -0.15) is 0 Å². The monoisotopic (exact) mass is 500 g/mol. The fourth-order valence-electron chi connectivity index (χ4n) is 2.86. The fourth-order valence-corrected chi connectivity index (χ4v) is 6.28. The van der Waals surface area contributed by atoms with Crippen LogP contribution in [-0.4, -0.2) is 73.9 Å². The molecule has 160 valence electrons. The van der Waals surface area contributed by atoms with Crippen molar-refractivity contribution in [1.82, 2.24) is 0 Å². The summed E-state index contributed by atoms with van der Waals surface area (Å²) in [7, 11) is -5.83. The van der Waals surface area contributed by atoms with Gasteiger partial charge < -0.3 is 27.5 Å². The van der Waals surface area contributed by atoms with Crippen molar-refractivity contribution < 1.29 is 27.5 Å². The molecule has 1 aliphatic heterocycles. The van der Waals surface area contributed by atoms with Crippen LogP contribution in [-0.2, 0) is 27.5 Å². The molecule has 6 nitrogen and oxygen atoms in total. The van der Waals surface area contributed by atoms with Gasteiger partial charge in [0.05, 0.1) is 6.61 Å². The van der Waals surface area contributed by atoms with Crippen molar-refractivity contribution >= 4 is 47.2 Å². The van der Waals surface area contributed by atoms with Crippen molar-refractivity contribution in [3.63, 3.8) is 0 Å². The zero-order valence-corrected chi connectivity index (χ0v) is 22.8. The summed E-state index contributed by atoms with van der Waals surface area (Å²) >= 11 is 3.38. The molecule has 0 saturated carbocycles. The van der Waals surface area contributed by atoms with E-state index in [1.165, 1.54) is 0 Å². The molecule has 1 aliphatic rings. The number of ether oxygens (including phenoxy) is 2. The van der Waals surface area contributed by atoms with Crippen molar-refractivity contribution in [1.29, 1.82) is 0 Å². The predicted molar refractivity (Wildman–Crippen MR) is 119 cm³/mol.